The van der Waals surface area contributed by atoms with Crippen LogP contribution in [0, 0.1) is 18.7 Å². The van der Waals surface area contributed by atoms with Crippen LogP contribution in [-0.4, -0.2) is 31.3 Å². The fourth-order valence-electron chi connectivity index (χ4n) is 5.34. The van der Waals surface area contributed by atoms with Crippen LogP contribution >= 0.6 is 0 Å². The molecule has 1 aliphatic heterocycles. The van der Waals surface area contributed by atoms with Gasteiger partial charge in [-0.05, 0) is 63.1 Å². The van der Waals surface area contributed by atoms with Gasteiger partial charge in [-0.25, -0.2) is 14.2 Å². The van der Waals surface area contributed by atoms with Gasteiger partial charge in [0.25, 0.3) is 5.91 Å². The quantitative estimate of drug-likeness (QED) is 0.510. The van der Waals surface area contributed by atoms with E-state index in [1.807, 2.05) is 6.92 Å². The highest BCUT2D eigenvalue weighted by atomic mass is 19.1. The van der Waals surface area contributed by atoms with Gasteiger partial charge >= 0.3 is 5.69 Å². The van der Waals surface area contributed by atoms with Crippen molar-refractivity contribution < 1.29 is 13.9 Å². The van der Waals surface area contributed by atoms with E-state index in [1.165, 1.54) is 18.7 Å². The Hall–Kier alpha value is -3.69. The number of benzene rings is 1. The molecule has 9 nitrogen and oxygen atoms in total. The minimum Gasteiger partial charge on any atom is -0.490 e. The van der Waals surface area contributed by atoms with Gasteiger partial charge in [0.2, 0.25) is 0 Å². The van der Waals surface area contributed by atoms with E-state index in [-0.39, 0.29) is 23.1 Å². The number of hydrogen-bond acceptors (Lipinski definition) is 6. The molecule has 0 radical (unpaired) electrons. The second-order valence-corrected chi connectivity index (χ2v) is 10.1. The smallest absolute Gasteiger partial charge is 0.350 e. The molecule has 0 spiro atoms. The van der Waals surface area contributed by atoms with Crippen molar-refractivity contribution in [1.29, 1.82) is 0 Å². The van der Waals surface area contributed by atoms with Gasteiger partial charge in [-0.3, -0.25) is 9.36 Å². The number of anilines is 2. The van der Waals surface area contributed by atoms with Gasteiger partial charge in [0.15, 0.2) is 0 Å². The van der Waals surface area contributed by atoms with Crippen molar-refractivity contribution in [3.8, 4) is 11.4 Å². The largest absolute Gasteiger partial charge is 0.490 e. The number of ether oxygens (including phenoxy) is 1. The summed E-state index contributed by atoms with van der Waals surface area (Å²) in [6.45, 7) is 4.32. The third kappa shape index (κ3) is 5.10. The zero-order valence-electron chi connectivity index (χ0n) is 21.3. The van der Waals surface area contributed by atoms with E-state index in [9.17, 15) is 9.59 Å². The molecule has 196 valence electrons. The molecule has 37 heavy (non-hydrogen) atoms. The molecule has 5 rings (SSSR count). The highest BCUT2D eigenvalue weighted by molar-refractivity contribution is 6.06. The van der Waals surface area contributed by atoms with E-state index in [1.54, 1.807) is 17.6 Å². The summed E-state index contributed by atoms with van der Waals surface area (Å²) in [5, 5.41) is 7.15. The highest BCUT2D eigenvalue weighted by Gasteiger charge is 2.27. The lowest BCUT2D eigenvalue weighted by molar-refractivity contribution is 0.0996. The maximum absolute atomic E-state index is 15.5. The van der Waals surface area contributed by atoms with Gasteiger partial charge in [0.1, 0.15) is 28.9 Å². The fourth-order valence-corrected chi connectivity index (χ4v) is 5.34. The Labute approximate surface area is 214 Å². The molecule has 1 aliphatic carbocycles. The SMILES string of the molecule is Cc1cc(N)cnc1NC(=O)c1cc(F)c(-n2nc3n(c2=O)CCCC3)cc1O[C@@H](C)C1CCCCC1. The second-order valence-electron chi connectivity index (χ2n) is 10.1. The average Bonchev–Trinajstić information content (AvgIpc) is 3.23. The number of aromatic nitrogens is 4. The van der Waals surface area contributed by atoms with Crippen molar-refractivity contribution in [2.24, 2.45) is 5.92 Å². The number of nitrogens with two attached hydrogens (primary N) is 1. The van der Waals surface area contributed by atoms with Gasteiger partial charge in [-0.2, -0.15) is 4.68 Å². The summed E-state index contributed by atoms with van der Waals surface area (Å²) in [6.07, 6.45) is 9.30. The summed E-state index contributed by atoms with van der Waals surface area (Å²) in [6, 6.07) is 4.24. The summed E-state index contributed by atoms with van der Waals surface area (Å²) in [5.74, 6) is 0.212. The number of hydrogen-bond donors (Lipinski definition) is 2. The number of halogens is 1. The first-order valence-electron chi connectivity index (χ1n) is 13.0. The Kier molecular flexibility index (Phi) is 6.99. The summed E-state index contributed by atoms with van der Waals surface area (Å²) >= 11 is 0. The van der Waals surface area contributed by atoms with Crippen molar-refractivity contribution in [2.45, 2.75) is 77.9 Å². The van der Waals surface area contributed by atoms with Gasteiger partial charge in [-0.15, -0.1) is 5.10 Å². The molecule has 1 saturated carbocycles. The Morgan fingerprint density at radius 2 is 1.97 bits per heavy atom. The van der Waals surface area contributed by atoms with Crippen LogP contribution in [0.3, 0.4) is 0 Å². The van der Waals surface area contributed by atoms with E-state index in [0.717, 1.165) is 49.3 Å². The minimum absolute atomic E-state index is 0.0268. The molecule has 2 aliphatic rings. The summed E-state index contributed by atoms with van der Waals surface area (Å²) < 4.78 is 24.5. The van der Waals surface area contributed by atoms with E-state index >= 15 is 4.39 Å². The van der Waals surface area contributed by atoms with Gasteiger partial charge in [-0.1, -0.05) is 19.3 Å². The van der Waals surface area contributed by atoms with Crippen LogP contribution in [0.1, 0.15) is 73.6 Å². The molecule has 0 unspecified atom stereocenters. The molecule has 0 bridgehead atoms. The van der Waals surface area contributed by atoms with Gasteiger partial charge < -0.3 is 15.8 Å². The lowest BCUT2D eigenvalue weighted by atomic mass is 9.86. The topological polar surface area (TPSA) is 117 Å². The Morgan fingerprint density at radius 1 is 1.19 bits per heavy atom. The standard InChI is InChI=1S/C27H33FN6O3/c1-16-12-19(29)15-30-25(16)31-26(35)20-13-21(28)22(34-27(36)33-11-7-6-10-24(33)32-34)14-23(20)37-17(2)18-8-4-3-5-9-18/h12-15,17-18H,3-11,29H2,1-2H3,(H,30,31,35)/t17-/m0/s1. The lowest BCUT2D eigenvalue weighted by Gasteiger charge is -2.29. The molecule has 10 heteroatoms. The fraction of sp³-hybridized carbons (Fsp3) is 0.481. The van der Waals surface area contributed by atoms with Crippen molar-refractivity contribution in [3.63, 3.8) is 0 Å². The maximum Gasteiger partial charge on any atom is 0.350 e. The number of rotatable bonds is 6. The maximum atomic E-state index is 15.5. The molecule has 2 aromatic heterocycles. The first-order valence-corrected chi connectivity index (χ1v) is 13.0. The van der Waals surface area contributed by atoms with Crippen LogP contribution in [0.4, 0.5) is 15.9 Å². The van der Waals surface area contributed by atoms with E-state index in [4.69, 9.17) is 10.5 Å². The van der Waals surface area contributed by atoms with Crippen LogP contribution in [0.25, 0.3) is 5.69 Å². The molecule has 3 N–H and O–H groups in total. The van der Waals surface area contributed by atoms with Gasteiger partial charge in [0.05, 0.1) is 23.6 Å². The molecule has 1 aromatic carbocycles. The van der Waals surface area contributed by atoms with Crippen molar-refractivity contribution in [1.82, 2.24) is 19.3 Å². The molecular formula is C27H33FN6O3. The third-order valence-electron chi connectivity index (χ3n) is 7.45. The lowest BCUT2D eigenvalue weighted by Crippen LogP contribution is -2.28. The van der Waals surface area contributed by atoms with Crippen LogP contribution in [0.2, 0.25) is 0 Å². The Morgan fingerprint density at radius 3 is 2.70 bits per heavy atom. The average molecular weight is 509 g/mol. The van der Waals surface area contributed by atoms with E-state index < -0.39 is 17.4 Å². The predicted octanol–water partition coefficient (Wildman–Crippen LogP) is 4.39. The summed E-state index contributed by atoms with van der Waals surface area (Å²) in [5.41, 5.74) is 6.54. The number of aryl methyl sites for hydroxylation is 2. The number of amides is 1. The van der Waals surface area contributed by atoms with Crippen LogP contribution < -0.4 is 21.5 Å². The van der Waals surface area contributed by atoms with E-state index in [0.29, 0.717) is 41.8 Å². The molecule has 1 atom stereocenters. The molecule has 3 heterocycles. The number of carbonyl (C=O) groups excluding carboxylic acids is 1. The van der Waals surface area contributed by atoms with Crippen molar-refractivity contribution >= 4 is 17.4 Å². The number of nitrogen functional groups attached to an aromatic ring is 1. The normalized spacial score (nSPS) is 16.7. The number of pyridine rings is 1. The summed E-state index contributed by atoms with van der Waals surface area (Å²) in [7, 11) is 0. The molecule has 3 aromatic rings. The zero-order chi connectivity index (χ0) is 26.1. The first kappa shape index (κ1) is 25.0. The number of fused-ring (bicyclic) bond motifs is 1. The first-order chi connectivity index (χ1) is 17.8. The Bertz CT molecular complexity index is 1380. The predicted molar refractivity (Wildman–Crippen MR) is 139 cm³/mol. The molecule has 0 saturated heterocycles. The van der Waals surface area contributed by atoms with Crippen LogP contribution in [-0.2, 0) is 13.0 Å². The van der Waals surface area contributed by atoms with Crippen LogP contribution in [0.15, 0.2) is 29.2 Å². The number of carbonyl (C=O) groups is 1. The highest BCUT2D eigenvalue weighted by Crippen LogP contribution is 2.32. The molecule has 1 fully saturated rings. The van der Waals surface area contributed by atoms with Gasteiger partial charge in [0, 0.05) is 19.0 Å². The van der Waals surface area contributed by atoms with Crippen LogP contribution in [0.5, 0.6) is 5.75 Å². The van der Waals surface area contributed by atoms with Crippen molar-refractivity contribution in [2.75, 3.05) is 11.1 Å². The summed E-state index contributed by atoms with van der Waals surface area (Å²) in [4.78, 5) is 30.6. The third-order valence-corrected chi connectivity index (χ3v) is 7.45. The molecular weight excluding hydrogens is 475 g/mol. The second kappa shape index (κ2) is 10.4. The molecule has 1 amide bonds. The van der Waals surface area contributed by atoms with E-state index in [2.05, 4.69) is 15.4 Å². The zero-order valence-corrected chi connectivity index (χ0v) is 21.3. The van der Waals surface area contributed by atoms with Crippen molar-refractivity contribution in [3.05, 3.63) is 57.6 Å². The number of nitrogens with zero attached hydrogens (tertiary/aromatic N) is 4. The number of nitrogens with one attached hydrogen (secondary N) is 1. The Balaban J connectivity index is 1.53. The monoisotopic (exact) mass is 508 g/mol. The minimum atomic E-state index is -0.734.